The summed E-state index contributed by atoms with van der Waals surface area (Å²) in [4.78, 5) is 0.124. The molecule has 1 N–H and O–H groups in total. The summed E-state index contributed by atoms with van der Waals surface area (Å²) in [5, 5.41) is 0. The zero-order valence-corrected chi connectivity index (χ0v) is 15.5. The van der Waals surface area contributed by atoms with Crippen molar-refractivity contribution in [1.29, 1.82) is 0 Å². The summed E-state index contributed by atoms with van der Waals surface area (Å²) < 4.78 is 43.9. The minimum absolute atomic E-state index is 0.124. The molecule has 0 amide bonds. The lowest BCUT2D eigenvalue weighted by Crippen LogP contribution is -2.23. The molecule has 1 aliphatic rings. The van der Waals surface area contributed by atoms with Crippen LogP contribution < -0.4 is 14.2 Å². The Labute approximate surface area is 154 Å². The van der Waals surface area contributed by atoms with Gasteiger partial charge in [0.2, 0.25) is 10.0 Å². The molecule has 0 aliphatic carbocycles. The van der Waals surface area contributed by atoms with E-state index < -0.39 is 10.0 Å². The lowest BCUT2D eigenvalue weighted by atomic mass is 10.2. The molecule has 3 rings (SSSR count). The van der Waals surface area contributed by atoms with E-state index in [1.165, 1.54) is 13.2 Å². The maximum absolute atomic E-state index is 12.5. The van der Waals surface area contributed by atoms with Crippen LogP contribution in [0.25, 0.3) is 0 Å². The monoisotopic (exact) mass is 377 g/mol. The maximum Gasteiger partial charge on any atom is 0.244 e. The molecule has 2 aromatic carbocycles. The molecule has 1 atom stereocenters. The first kappa shape index (κ1) is 18.7. The van der Waals surface area contributed by atoms with Gasteiger partial charge in [0.1, 0.15) is 23.0 Å². The number of rotatable bonds is 8. The summed E-state index contributed by atoms with van der Waals surface area (Å²) in [6, 6.07) is 13.9. The van der Waals surface area contributed by atoms with Crippen LogP contribution in [0.15, 0.2) is 53.4 Å². The van der Waals surface area contributed by atoms with E-state index in [0.29, 0.717) is 12.4 Å². The zero-order chi connectivity index (χ0) is 18.4. The Hall–Kier alpha value is -2.09. The second-order valence-electron chi connectivity index (χ2n) is 6.07. The van der Waals surface area contributed by atoms with Crippen molar-refractivity contribution in [3.63, 3.8) is 0 Å². The average Bonchev–Trinajstić information content (AvgIpc) is 3.19. The van der Waals surface area contributed by atoms with E-state index in [2.05, 4.69) is 4.72 Å². The first-order valence-electron chi connectivity index (χ1n) is 8.54. The molecule has 6 nitrogen and oxygen atoms in total. The van der Waals surface area contributed by atoms with Gasteiger partial charge in [-0.25, -0.2) is 13.1 Å². The van der Waals surface area contributed by atoms with Crippen molar-refractivity contribution in [2.24, 2.45) is 0 Å². The van der Waals surface area contributed by atoms with Gasteiger partial charge in [-0.1, -0.05) is 24.3 Å². The number of hydrogen-bond donors (Lipinski definition) is 1. The van der Waals surface area contributed by atoms with Crippen LogP contribution >= 0.6 is 0 Å². The van der Waals surface area contributed by atoms with Gasteiger partial charge < -0.3 is 14.2 Å². The zero-order valence-electron chi connectivity index (χ0n) is 14.7. The molecule has 0 saturated carbocycles. The summed E-state index contributed by atoms with van der Waals surface area (Å²) in [6.07, 6.45) is 2.28. The van der Waals surface area contributed by atoms with Crippen LogP contribution in [0.2, 0.25) is 0 Å². The van der Waals surface area contributed by atoms with Crippen molar-refractivity contribution in [2.45, 2.75) is 30.4 Å². The van der Waals surface area contributed by atoms with Crippen LogP contribution in [0, 0.1) is 0 Å². The van der Waals surface area contributed by atoms with Crippen LogP contribution in [0.5, 0.6) is 11.5 Å². The molecule has 0 unspecified atom stereocenters. The van der Waals surface area contributed by atoms with Crippen LogP contribution in [0.3, 0.4) is 0 Å². The predicted molar refractivity (Wildman–Crippen MR) is 97.9 cm³/mol. The first-order valence-corrected chi connectivity index (χ1v) is 10.0. The van der Waals surface area contributed by atoms with E-state index in [0.717, 1.165) is 30.8 Å². The molecule has 2 aromatic rings. The van der Waals surface area contributed by atoms with Crippen LogP contribution in [-0.2, 0) is 21.3 Å². The Morgan fingerprint density at radius 2 is 1.92 bits per heavy atom. The van der Waals surface area contributed by atoms with Gasteiger partial charge in [-0.05, 0) is 42.7 Å². The van der Waals surface area contributed by atoms with Crippen LogP contribution in [-0.4, -0.2) is 34.8 Å². The lowest BCUT2D eigenvalue weighted by Gasteiger charge is -2.12. The summed E-state index contributed by atoms with van der Waals surface area (Å²) in [7, 11) is -2.21. The molecule has 26 heavy (non-hydrogen) atoms. The molecular formula is C19H23NO5S. The van der Waals surface area contributed by atoms with E-state index in [4.69, 9.17) is 14.2 Å². The van der Waals surface area contributed by atoms with E-state index >= 15 is 0 Å². The van der Waals surface area contributed by atoms with E-state index in [9.17, 15) is 8.42 Å². The van der Waals surface area contributed by atoms with Crippen LogP contribution in [0.1, 0.15) is 18.4 Å². The fraction of sp³-hybridized carbons (Fsp3) is 0.368. The van der Waals surface area contributed by atoms with Gasteiger partial charge in [0.05, 0.1) is 13.2 Å². The number of benzene rings is 2. The summed E-state index contributed by atoms with van der Waals surface area (Å²) in [6.45, 7) is 1.53. The lowest BCUT2D eigenvalue weighted by molar-refractivity contribution is 0.0679. The molecular weight excluding hydrogens is 354 g/mol. The third kappa shape index (κ3) is 4.75. The standard InChI is InChI=1S/C19H23NO5S/c1-23-18-6-2-3-7-19(18)26(21,22)20-13-15-8-10-16(11-9-15)25-14-17-5-4-12-24-17/h2-3,6-11,17,20H,4-5,12-14H2,1H3/t17-/m0/s1. The Balaban J connectivity index is 1.57. The number of ether oxygens (including phenoxy) is 3. The van der Waals surface area contributed by atoms with Gasteiger partial charge in [-0.2, -0.15) is 0 Å². The molecule has 0 bridgehead atoms. The topological polar surface area (TPSA) is 73.9 Å². The highest BCUT2D eigenvalue weighted by Gasteiger charge is 2.19. The molecule has 1 fully saturated rings. The highest BCUT2D eigenvalue weighted by atomic mass is 32.2. The van der Waals surface area contributed by atoms with E-state index in [1.807, 2.05) is 24.3 Å². The van der Waals surface area contributed by atoms with Crippen molar-refractivity contribution in [3.8, 4) is 11.5 Å². The molecule has 0 aromatic heterocycles. The minimum Gasteiger partial charge on any atom is -0.495 e. The fourth-order valence-corrected chi connectivity index (χ4v) is 3.95. The number of hydrogen-bond acceptors (Lipinski definition) is 5. The number of para-hydroxylation sites is 1. The number of sulfonamides is 1. The average molecular weight is 377 g/mol. The SMILES string of the molecule is COc1ccccc1S(=O)(=O)NCc1ccc(OC[C@@H]2CCCO2)cc1. The van der Waals surface area contributed by atoms with Gasteiger partial charge in [-0.15, -0.1) is 0 Å². The highest BCUT2D eigenvalue weighted by Crippen LogP contribution is 2.23. The third-order valence-corrected chi connectivity index (χ3v) is 5.65. The highest BCUT2D eigenvalue weighted by molar-refractivity contribution is 7.89. The van der Waals surface area contributed by atoms with Crippen LogP contribution in [0.4, 0.5) is 0 Å². The Kier molecular flexibility index (Phi) is 6.13. The number of methoxy groups -OCH3 is 1. The molecule has 0 radical (unpaired) electrons. The largest absolute Gasteiger partial charge is 0.495 e. The summed E-state index contributed by atoms with van der Waals surface area (Å²) in [5.41, 5.74) is 0.841. The fourth-order valence-electron chi connectivity index (χ4n) is 2.77. The van der Waals surface area contributed by atoms with Gasteiger partial charge in [-0.3, -0.25) is 0 Å². The normalized spacial score (nSPS) is 17.2. The molecule has 1 saturated heterocycles. The Morgan fingerprint density at radius 1 is 1.15 bits per heavy atom. The summed E-state index contributed by atoms with van der Waals surface area (Å²) in [5.74, 6) is 1.06. The Bertz CT molecular complexity index is 814. The van der Waals surface area contributed by atoms with Crippen molar-refractivity contribution in [1.82, 2.24) is 4.72 Å². The van der Waals surface area contributed by atoms with Gasteiger partial charge in [0.25, 0.3) is 0 Å². The minimum atomic E-state index is -3.66. The smallest absolute Gasteiger partial charge is 0.244 e. The quantitative estimate of drug-likeness (QED) is 0.766. The molecule has 1 aliphatic heterocycles. The Morgan fingerprint density at radius 3 is 2.62 bits per heavy atom. The molecule has 140 valence electrons. The van der Waals surface area contributed by atoms with Crippen molar-refractivity contribution in [3.05, 3.63) is 54.1 Å². The van der Waals surface area contributed by atoms with Gasteiger partial charge in [0, 0.05) is 13.2 Å². The second-order valence-corrected chi connectivity index (χ2v) is 7.80. The second kappa shape index (κ2) is 8.53. The molecule has 7 heteroatoms. The van der Waals surface area contributed by atoms with Crippen molar-refractivity contribution >= 4 is 10.0 Å². The van der Waals surface area contributed by atoms with Crippen molar-refractivity contribution < 1.29 is 22.6 Å². The maximum atomic E-state index is 12.5. The van der Waals surface area contributed by atoms with E-state index in [-0.39, 0.29) is 17.5 Å². The van der Waals surface area contributed by atoms with Crippen molar-refractivity contribution in [2.75, 3.05) is 20.3 Å². The molecule has 0 spiro atoms. The first-order chi connectivity index (χ1) is 12.6. The summed E-state index contributed by atoms with van der Waals surface area (Å²) >= 11 is 0. The predicted octanol–water partition coefficient (Wildman–Crippen LogP) is 2.73. The number of nitrogens with one attached hydrogen (secondary N) is 1. The van der Waals surface area contributed by atoms with Gasteiger partial charge in [0.15, 0.2) is 0 Å². The third-order valence-electron chi connectivity index (χ3n) is 4.21. The molecule has 1 heterocycles. The van der Waals surface area contributed by atoms with Gasteiger partial charge >= 0.3 is 0 Å². The van der Waals surface area contributed by atoms with E-state index in [1.54, 1.807) is 18.2 Å².